The molecule has 1 N–H and O–H groups in total. The van der Waals surface area contributed by atoms with Gasteiger partial charge >= 0.3 is 0 Å². The van der Waals surface area contributed by atoms with E-state index in [-0.39, 0.29) is 11.9 Å². The van der Waals surface area contributed by atoms with E-state index in [4.69, 9.17) is 0 Å². The number of hydrogen-bond donors (Lipinski definition) is 1. The molecular weight excluding hydrogens is 390 g/mol. The minimum absolute atomic E-state index is 0.139. The number of aromatic nitrogens is 1. The van der Waals surface area contributed by atoms with Crippen LogP contribution in [0.1, 0.15) is 31.5 Å². The Balaban J connectivity index is 1.52. The van der Waals surface area contributed by atoms with E-state index in [9.17, 15) is 4.79 Å². The molecule has 0 spiro atoms. The van der Waals surface area contributed by atoms with Gasteiger partial charge in [-0.1, -0.05) is 30.3 Å². The first-order valence-corrected chi connectivity index (χ1v) is 11.5. The van der Waals surface area contributed by atoms with Crippen LogP contribution in [0, 0.1) is 5.41 Å². The fraction of sp³-hybridized carbons (Fsp3) is 0.360. The molecule has 1 aliphatic rings. The summed E-state index contributed by atoms with van der Waals surface area (Å²) in [7, 11) is 0. The molecule has 3 aromatic rings. The summed E-state index contributed by atoms with van der Waals surface area (Å²) in [6.45, 7) is 6.52. The Morgan fingerprint density at radius 3 is 2.67 bits per heavy atom. The number of pyridine rings is 1. The summed E-state index contributed by atoms with van der Waals surface area (Å²) in [5.41, 5.74) is 4.35. The zero-order valence-electron chi connectivity index (χ0n) is 17.7. The summed E-state index contributed by atoms with van der Waals surface area (Å²) in [5, 5.41) is 7.45. The van der Waals surface area contributed by atoms with E-state index in [1.165, 1.54) is 16.7 Å². The van der Waals surface area contributed by atoms with Crippen LogP contribution in [0.2, 0.25) is 0 Å². The molecule has 3 heterocycles. The highest BCUT2D eigenvalue weighted by molar-refractivity contribution is 7.08. The second-order valence-electron chi connectivity index (χ2n) is 8.58. The van der Waals surface area contributed by atoms with E-state index in [0.717, 1.165) is 38.2 Å². The van der Waals surface area contributed by atoms with E-state index in [2.05, 4.69) is 62.4 Å². The number of nitrogens with zero attached hydrogens (tertiary/aromatic N) is 2. The molecule has 1 saturated heterocycles. The Bertz CT molecular complexity index is 954. The van der Waals surface area contributed by atoms with Crippen LogP contribution in [0.3, 0.4) is 0 Å². The molecule has 0 radical (unpaired) electrons. The van der Waals surface area contributed by atoms with Crippen molar-refractivity contribution in [1.82, 2.24) is 15.2 Å². The third kappa shape index (κ3) is 4.79. The molecule has 0 bridgehead atoms. The molecule has 4 nitrogen and oxygen atoms in total. The van der Waals surface area contributed by atoms with Gasteiger partial charge < -0.3 is 5.32 Å². The summed E-state index contributed by atoms with van der Waals surface area (Å²) in [6.07, 6.45) is 3.46. The van der Waals surface area contributed by atoms with Crippen LogP contribution in [-0.2, 0) is 17.8 Å². The van der Waals surface area contributed by atoms with Crippen molar-refractivity contribution in [1.29, 1.82) is 0 Å². The van der Waals surface area contributed by atoms with Gasteiger partial charge in [-0.15, -0.1) is 0 Å². The van der Waals surface area contributed by atoms with Crippen LogP contribution in [0.15, 0.2) is 65.5 Å². The van der Waals surface area contributed by atoms with Crippen LogP contribution in [0.25, 0.3) is 11.1 Å². The molecule has 5 heteroatoms. The van der Waals surface area contributed by atoms with Crippen molar-refractivity contribution in [3.05, 3.63) is 76.7 Å². The number of thiophene rings is 1. The smallest absolute Gasteiger partial charge is 0.228 e. The number of likely N-dealkylation sites (tertiary alicyclic amines) is 1. The number of carbonyl (C=O) groups is 1. The molecule has 2 aromatic heterocycles. The Hall–Kier alpha value is -2.50. The van der Waals surface area contributed by atoms with Gasteiger partial charge in [-0.25, -0.2) is 0 Å². The first-order valence-electron chi connectivity index (χ1n) is 10.6. The largest absolute Gasteiger partial charge is 0.353 e. The molecule has 156 valence electrons. The van der Waals surface area contributed by atoms with Gasteiger partial charge in [0, 0.05) is 25.3 Å². The molecule has 4 rings (SSSR count). The van der Waals surface area contributed by atoms with Crippen LogP contribution in [0.5, 0.6) is 0 Å². The molecule has 0 saturated carbocycles. The summed E-state index contributed by atoms with van der Waals surface area (Å²) in [6, 6.07) is 17.0. The molecule has 1 atom stereocenters. The van der Waals surface area contributed by atoms with Crippen molar-refractivity contribution in [2.75, 3.05) is 13.1 Å². The molecule has 1 aliphatic heterocycles. The van der Waals surface area contributed by atoms with Crippen LogP contribution >= 0.6 is 11.3 Å². The second kappa shape index (κ2) is 9.11. The third-order valence-corrected chi connectivity index (χ3v) is 6.48. The highest BCUT2D eigenvalue weighted by atomic mass is 32.1. The summed E-state index contributed by atoms with van der Waals surface area (Å²) in [4.78, 5) is 20.1. The highest BCUT2D eigenvalue weighted by Gasteiger charge is 2.44. The number of rotatable bonds is 7. The van der Waals surface area contributed by atoms with E-state index >= 15 is 0 Å². The first kappa shape index (κ1) is 20.8. The Kier molecular flexibility index (Phi) is 6.30. The van der Waals surface area contributed by atoms with Gasteiger partial charge in [0.1, 0.15) is 0 Å². The first-order chi connectivity index (χ1) is 14.5. The van der Waals surface area contributed by atoms with Gasteiger partial charge in [-0.05, 0) is 78.9 Å². The number of benzene rings is 1. The topological polar surface area (TPSA) is 45.2 Å². The average Bonchev–Trinajstić information content (AvgIpc) is 3.40. The van der Waals surface area contributed by atoms with Gasteiger partial charge in [0.15, 0.2) is 0 Å². The lowest BCUT2D eigenvalue weighted by Crippen LogP contribution is -2.46. The van der Waals surface area contributed by atoms with Crippen molar-refractivity contribution in [3.8, 4) is 11.1 Å². The van der Waals surface area contributed by atoms with Gasteiger partial charge in [0.05, 0.1) is 11.1 Å². The Morgan fingerprint density at radius 1 is 1.17 bits per heavy atom. The standard InChI is InChI=1S/C25H29N3OS/c1-19(2)27-24(29)25(11-13-28(18-25)16-23-5-3-4-12-26-23)15-20-6-8-21(9-7-20)22-10-14-30-17-22/h3-10,12,14,17,19H,11,13,15-16,18H2,1-2H3,(H,27,29)/t25-/m1/s1. The van der Waals surface area contributed by atoms with Gasteiger partial charge in [-0.3, -0.25) is 14.7 Å². The van der Waals surface area contributed by atoms with E-state index in [1.54, 1.807) is 11.3 Å². The van der Waals surface area contributed by atoms with Crippen LogP contribution < -0.4 is 5.32 Å². The monoisotopic (exact) mass is 419 g/mol. The molecule has 1 fully saturated rings. The Morgan fingerprint density at radius 2 is 2.00 bits per heavy atom. The predicted octanol–water partition coefficient (Wildman–Crippen LogP) is 4.77. The van der Waals surface area contributed by atoms with Crippen LogP contribution in [0.4, 0.5) is 0 Å². The maximum atomic E-state index is 13.3. The van der Waals surface area contributed by atoms with Crippen LogP contribution in [-0.4, -0.2) is 34.9 Å². The Labute approximate surface area is 183 Å². The second-order valence-corrected chi connectivity index (χ2v) is 9.36. The van der Waals surface area contributed by atoms with Crippen molar-refractivity contribution in [2.45, 2.75) is 39.3 Å². The van der Waals surface area contributed by atoms with Crippen molar-refractivity contribution in [3.63, 3.8) is 0 Å². The predicted molar refractivity (Wildman–Crippen MR) is 123 cm³/mol. The average molecular weight is 420 g/mol. The summed E-state index contributed by atoms with van der Waals surface area (Å²) in [5.74, 6) is 0.169. The molecule has 1 aromatic carbocycles. The molecule has 1 amide bonds. The number of carbonyl (C=O) groups excluding carboxylic acids is 1. The number of hydrogen-bond acceptors (Lipinski definition) is 4. The third-order valence-electron chi connectivity index (χ3n) is 5.80. The number of amides is 1. The number of nitrogens with one attached hydrogen (secondary N) is 1. The fourth-order valence-corrected chi connectivity index (χ4v) is 4.94. The van der Waals surface area contributed by atoms with Crippen molar-refractivity contribution < 1.29 is 4.79 Å². The van der Waals surface area contributed by atoms with E-state index in [1.807, 2.05) is 32.2 Å². The zero-order chi connectivity index (χ0) is 21.0. The zero-order valence-corrected chi connectivity index (χ0v) is 18.5. The quantitative estimate of drug-likeness (QED) is 0.600. The lowest BCUT2D eigenvalue weighted by Gasteiger charge is -2.29. The van der Waals surface area contributed by atoms with Crippen molar-refractivity contribution in [2.24, 2.45) is 5.41 Å². The van der Waals surface area contributed by atoms with E-state index in [0.29, 0.717) is 0 Å². The molecular formula is C25H29N3OS. The maximum Gasteiger partial charge on any atom is 0.228 e. The van der Waals surface area contributed by atoms with Gasteiger partial charge in [0.25, 0.3) is 0 Å². The highest BCUT2D eigenvalue weighted by Crippen LogP contribution is 2.36. The minimum atomic E-state index is -0.400. The lowest BCUT2D eigenvalue weighted by molar-refractivity contribution is -0.131. The maximum absolute atomic E-state index is 13.3. The van der Waals surface area contributed by atoms with E-state index < -0.39 is 5.41 Å². The summed E-state index contributed by atoms with van der Waals surface area (Å²) >= 11 is 1.71. The SMILES string of the molecule is CC(C)NC(=O)[C@@]1(Cc2ccc(-c3ccsc3)cc2)CCN(Cc2ccccn2)C1. The lowest BCUT2D eigenvalue weighted by atomic mass is 9.79. The fourth-order valence-electron chi connectivity index (χ4n) is 4.27. The van der Waals surface area contributed by atoms with Crippen molar-refractivity contribution >= 4 is 17.2 Å². The van der Waals surface area contributed by atoms with Gasteiger partial charge in [-0.2, -0.15) is 11.3 Å². The minimum Gasteiger partial charge on any atom is -0.353 e. The molecule has 0 unspecified atom stereocenters. The van der Waals surface area contributed by atoms with Gasteiger partial charge in [0.2, 0.25) is 5.91 Å². The molecule has 30 heavy (non-hydrogen) atoms. The normalized spacial score (nSPS) is 19.3. The molecule has 0 aliphatic carbocycles. The summed E-state index contributed by atoms with van der Waals surface area (Å²) < 4.78 is 0.